The Morgan fingerprint density at radius 1 is 1.35 bits per heavy atom. The molecule has 106 valence electrons. The number of fused-ring (bicyclic) bond motifs is 1. The fourth-order valence-corrected chi connectivity index (χ4v) is 2.88. The lowest BCUT2D eigenvalue weighted by Gasteiger charge is -2.29. The number of anilines is 1. The van der Waals surface area contributed by atoms with Crippen LogP contribution in [0.15, 0.2) is 10.5 Å². The van der Waals surface area contributed by atoms with Crippen molar-refractivity contribution in [2.45, 2.75) is 6.92 Å². The monoisotopic (exact) mass is 358 g/mol. The van der Waals surface area contributed by atoms with E-state index in [2.05, 4.69) is 36.1 Å². The van der Waals surface area contributed by atoms with Crippen molar-refractivity contribution in [2.24, 2.45) is 0 Å². The van der Waals surface area contributed by atoms with Gasteiger partial charge in [-0.25, -0.2) is 14.4 Å². The third-order valence-corrected chi connectivity index (χ3v) is 4.64. The van der Waals surface area contributed by atoms with E-state index >= 15 is 0 Å². The lowest BCUT2D eigenvalue weighted by molar-refractivity contribution is 0.585. The van der Waals surface area contributed by atoms with Gasteiger partial charge in [-0.1, -0.05) is 11.6 Å². The van der Waals surface area contributed by atoms with Crippen LogP contribution in [0.25, 0.3) is 10.9 Å². The summed E-state index contributed by atoms with van der Waals surface area (Å²) in [5.74, 6) is 0.871. The van der Waals surface area contributed by atoms with E-state index in [1.165, 1.54) is 0 Å². The quantitative estimate of drug-likeness (QED) is 0.795. The Hall–Kier alpha value is -0.980. The van der Waals surface area contributed by atoms with Gasteiger partial charge in [0, 0.05) is 31.6 Å². The Labute approximate surface area is 129 Å². The summed E-state index contributed by atoms with van der Waals surface area (Å²) in [5.41, 5.74) is 0.308. The third-order valence-electron chi connectivity index (χ3n) is 3.34. The molecular formula is C13H13BrClFN4. The van der Waals surface area contributed by atoms with Crippen LogP contribution in [0, 0.1) is 12.7 Å². The summed E-state index contributed by atoms with van der Waals surface area (Å²) >= 11 is 9.22. The highest BCUT2D eigenvalue weighted by Gasteiger charge is 2.20. The Balaban J connectivity index is 2.25. The molecule has 0 spiro atoms. The number of rotatable bonds is 1. The molecule has 1 fully saturated rings. The largest absolute Gasteiger partial charge is 0.353 e. The highest BCUT2D eigenvalue weighted by molar-refractivity contribution is 9.10. The molecule has 7 heteroatoms. The van der Waals surface area contributed by atoms with Crippen LogP contribution in [0.4, 0.5) is 10.2 Å². The zero-order valence-electron chi connectivity index (χ0n) is 10.9. The zero-order chi connectivity index (χ0) is 14.3. The molecule has 1 aliphatic heterocycles. The summed E-state index contributed by atoms with van der Waals surface area (Å²) in [6.07, 6.45) is 0. The van der Waals surface area contributed by atoms with Gasteiger partial charge in [-0.05, 0) is 28.9 Å². The van der Waals surface area contributed by atoms with Crippen molar-refractivity contribution in [3.63, 3.8) is 0 Å². The summed E-state index contributed by atoms with van der Waals surface area (Å²) in [6.45, 7) is 5.21. The number of benzene rings is 1. The van der Waals surface area contributed by atoms with Crippen LogP contribution < -0.4 is 10.2 Å². The number of aromatic nitrogens is 2. The van der Waals surface area contributed by atoms with Gasteiger partial charge in [0.05, 0.1) is 9.50 Å². The van der Waals surface area contributed by atoms with E-state index in [9.17, 15) is 4.39 Å². The van der Waals surface area contributed by atoms with Crippen molar-refractivity contribution in [3.8, 4) is 0 Å². The maximum atomic E-state index is 14.3. The molecule has 3 rings (SSSR count). The first-order valence-electron chi connectivity index (χ1n) is 6.35. The molecular weight excluding hydrogens is 347 g/mol. The molecule has 0 saturated carbocycles. The van der Waals surface area contributed by atoms with Gasteiger partial charge >= 0.3 is 0 Å². The first kappa shape index (κ1) is 14.0. The minimum absolute atomic E-state index is 0.246. The molecule has 0 atom stereocenters. The second kappa shape index (κ2) is 5.42. The summed E-state index contributed by atoms with van der Waals surface area (Å²) in [7, 11) is 0. The van der Waals surface area contributed by atoms with Crippen LogP contribution in [0.5, 0.6) is 0 Å². The van der Waals surface area contributed by atoms with E-state index < -0.39 is 5.82 Å². The van der Waals surface area contributed by atoms with Crippen LogP contribution in [-0.4, -0.2) is 36.1 Å². The van der Waals surface area contributed by atoms with E-state index in [0.717, 1.165) is 32.0 Å². The summed E-state index contributed by atoms with van der Waals surface area (Å²) in [5, 5.41) is 4.27. The van der Waals surface area contributed by atoms with E-state index in [0.29, 0.717) is 21.7 Å². The zero-order valence-corrected chi connectivity index (χ0v) is 13.2. The average molecular weight is 360 g/mol. The minimum atomic E-state index is -0.436. The van der Waals surface area contributed by atoms with E-state index in [-0.39, 0.29) is 4.47 Å². The molecule has 1 aromatic carbocycles. The molecule has 0 amide bonds. The van der Waals surface area contributed by atoms with Gasteiger partial charge in [0.15, 0.2) is 5.82 Å². The number of hydrogen-bond acceptors (Lipinski definition) is 4. The number of nitrogens with zero attached hydrogens (tertiary/aromatic N) is 3. The Kier molecular flexibility index (Phi) is 3.79. The van der Waals surface area contributed by atoms with E-state index in [4.69, 9.17) is 11.6 Å². The number of piperazine rings is 1. The molecule has 1 aromatic heterocycles. The van der Waals surface area contributed by atoms with Crippen molar-refractivity contribution in [3.05, 3.63) is 27.2 Å². The molecule has 1 aliphatic rings. The highest BCUT2D eigenvalue weighted by Crippen LogP contribution is 2.35. The van der Waals surface area contributed by atoms with Gasteiger partial charge in [-0.2, -0.15) is 0 Å². The third kappa shape index (κ3) is 2.36. The summed E-state index contributed by atoms with van der Waals surface area (Å²) < 4.78 is 14.6. The van der Waals surface area contributed by atoms with Crippen molar-refractivity contribution < 1.29 is 4.39 Å². The fourth-order valence-electron chi connectivity index (χ4n) is 2.38. The molecule has 2 aromatic rings. The first-order chi connectivity index (χ1) is 9.58. The number of hydrogen-bond donors (Lipinski definition) is 1. The minimum Gasteiger partial charge on any atom is -0.353 e. The van der Waals surface area contributed by atoms with Crippen LogP contribution in [0.3, 0.4) is 0 Å². The highest BCUT2D eigenvalue weighted by atomic mass is 79.9. The van der Waals surface area contributed by atoms with Gasteiger partial charge < -0.3 is 10.2 Å². The molecule has 1 N–H and O–H groups in total. The van der Waals surface area contributed by atoms with Crippen molar-refractivity contribution in [2.75, 3.05) is 31.1 Å². The predicted octanol–water partition coefficient (Wildman–Crippen LogP) is 2.90. The Morgan fingerprint density at radius 3 is 2.75 bits per heavy atom. The first-order valence-corrected chi connectivity index (χ1v) is 7.52. The predicted molar refractivity (Wildman–Crippen MR) is 82.0 cm³/mol. The van der Waals surface area contributed by atoms with Gasteiger partial charge in [0.2, 0.25) is 0 Å². The molecule has 1 saturated heterocycles. The van der Waals surface area contributed by atoms with Crippen LogP contribution in [-0.2, 0) is 0 Å². The SMILES string of the molecule is Cc1nc(N2CCNCC2)c2cc(Cl)c(Br)c(F)c2n1. The molecule has 0 unspecified atom stereocenters. The lowest BCUT2D eigenvalue weighted by atomic mass is 10.2. The lowest BCUT2D eigenvalue weighted by Crippen LogP contribution is -2.44. The van der Waals surface area contributed by atoms with Crippen LogP contribution >= 0.6 is 27.5 Å². The molecule has 0 radical (unpaired) electrons. The second-order valence-corrected chi connectivity index (χ2v) is 5.91. The number of nitrogens with one attached hydrogen (secondary N) is 1. The van der Waals surface area contributed by atoms with E-state index in [1.54, 1.807) is 13.0 Å². The maximum absolute atomic E-state index is 14.3. The van der Waals surface area contributed by atoms with Crippen molar-refractivity contribution in [1.82, 2.24) is 15.3 Å². The number of aryl methyl sites for hydroxylation is 1. The van der Waals surface area contributed by atoms with Gasteiger partial charge in [0.1, 0.15) is 17.2 Å². The van der Waals surface area contributed by atoms with Crippen LogP contribution in [0.2, 0.25) is 5.02 Å². The van der Waals surface area contributed by atoms with Gasteiger partial charge in [-0.3, -0.25) is 0 Å². The van der Waals surface area contributed by atoms with Crippen molar-refractivity contribution >= 4 is 44.3 Å². The number of halogens is 3. The second-order valence-electron chi connectivity index (χ2n) is 4.71. The van der Waals surface area contributed by atoms with Crippen molar-refractivity contribution in [1.29, 1.82) is 0 Å². The van der Waals surface area contributed by atoms with Gasteiger partial charge in [0.25, 0.3) is 0 Å². The van der Waals surface area contributed by atoms with Crippen LogP contribution in [0.1, 0.15) is 5.82 Å². The topological polar surface area (TPSA) is 41.1 Å². The van der Waals surface area contributed by atoms with E-state index in [1.807, 2.05) is 0 Å². The molecule has 2 heterocycles. The smallest absolute Gasteiger partial charge is 0.165 e. The maximum Gasteiger partial charge on any atom is 0.165 e. The molecule has 4 nitrogen and oxygen atoms in total. The Bertz CT molecular complexity index is 673. The summed E-state index contributed by atoms with van der Waals surface area (Å²) in [6, 6.07) is 1.72. The standard InChI is InChI=1S/C13H13BrClFN4/c1-7-18-12-8(6-9(15)10(14)11(12)16)13(19-7)20-4-2-17-3-5-20/h6,17H,2-5H2,1H3. The molecule has 20 heavy (non-hydrogen) atoms. The average Bonchev–Trinajstić information content (AvgIpc) is 2.46. The normalized spacial score (nSPS) is 15.9. The Morgan fingerprint density at radius 2 is 2.05 bits per heavy atom. The molecule has 0 bridgehead atoms. The fraction of sp³-hybridized carbons (Fsp3) is 0.385. The summed E-state index contributed by atoms with van der Waals surface area (Å²) in [4.78, 5) is 10.8. The van der Waals surface area contributed by atoms with Gasteiger partial charge in [-0.15, -0.1) is 0 Å². The molecule has 0 aliphatic carbocycles.